The minimum Gasteiger partial charge on any atom is -0.504 e. The number of aromatic hydroxyl groups is 1. The standard InChI is InChI=1S/C22H23NO4/c1-27-17-8-4-7-16(19(17)24)21-10-9-15(13-5-2-3-6-14(13)21)22(20(25)26)12-23-11-18(21)22/h2-8,15,18,23-24H,9-12H2,1H3,(H,25,26). The Morgan fingerprint density at radius 1 is 1.19 bits per heavy atom. The topological polar surface area (TPSA) is 78.8 Å². The zero-order chi connectivity index (χ0) is 18.8. The lowest BCUT2D eigenvalue weighted by Crippen LogP contribution is -2.60. The van der Waals surface area contributed by atoms with Gasteiger partial charge in [0.25, 0.3) is 0 Å². The van der Waals surface area contributed by atoms with E-state index in [2.05, 4.69) is 17.4 Å². The Morgan fingerprint density at radius 3 is 2.74 bits per heavy atom. The van der Waals surface area contributed by atoms with Crippen molar-refractivity contribution in [2.45, 2.75) is 24.2 Å². The molecule has 1 aliphatic heterocycles. The average molecular weight is 365 g/mol. The minimum atomic E-state index is -0.845. The third kappa shape index (κ3) is 1.80. The van der Waals surface area contributed by atoms with Crippen molar-refractivity contribution in [3.8, 4) is 11.5 Å². The number of carbonyl (C=O) groups is 1. The van der Waals surface area contributed by atoms with Gasteiger partial charge in [-0.25, -0.2) is 0 Å². The number of carboxylic acid groups (broad SMARTS) is 1. The summed E-state index contributed by atoms with van der Waals surface area (Å²) in [5, 5.41) is 24.8. The van der Waals surface area contributed by atoms with Crippen molar-refractivity contribution in [2.75, 3.05) is 20.2 Å². The highest BCUT2D eigenvalue weighted by molar-refractivity contribution is 5.81. The molecule has 4 aliphatic rings. The molecule has 6 rings (SSSR count). The van der Waals surface area contributed by atoms with Crippen LogP contribution in [0.2, 0.25) is 0 Å². The molecule has 4 unspecified atom stereocenters. The van der Waals surface area contributed by atoms with Crippen molar-refractivity contribution in [2.24, 2.45) is 11.3 Å². The second kappa shape index (κ2) is 5.49. The van der Waals surface area contributed by atoms with Crippen LogP contribution in [0.1, 0.15) is 35.4 Å². The molecule has 1 heterocycles. The van der Waals surface area contributed by atoms with Crippen LogP contribution in [0.3, 0.4) is 0 Å². The molecule has 0 aromatic heterocycles. The molecule has 4 atom stereocenters. The number of nitrogens with one attached hydrogen (secondary N) is 1. The summed E-state index contributed by atoms with van der Waals surface area (Å²) in [6.45, 7) is 1.10. The third-order valence-corrected chi connectivity index (χ3v) is 7.35. The zero-order valence-corrected chi connectivity index (χ0v) is 15.2. The number of para-hydroxylation sites is 1. The van der Waals surface area contributed by atoms with Gasteiger partial charge < -0.3 is 20.3 Å². The van der Waals surface area contributed by atoms with Crippen molar-refractivity contribution in [3.63, 3.8) is 0 Å². The molecule has 2 aromatic rings. The second-order valence-corrected chi connectivity index (χ2v) is 8.04. The molecule has 140 valence electrons. The number of hydrogen-bond acceptors (Lipinski definition) is 4. The number of methoxy groups -OCH3 is 1. The van der Waals surface area contributed by atoms with Gasteiger partial charge >= 0.3 is 5.97 Å². The van der Waals surface area contributed by atoms with Crippen molar-refractivity contribution >= 4 is 5.97 Å². The normalized spacial score (nSPS) is 33.4. The Bertz CT molecular complexity index is 942. The molecule has 5 nitrogen and oxygen atoms in total. The summed E-state index contributed by atoms with van der Waals surface area (Å²) in [7, 11) is 1.54. The summed E-state index contributed by atoms with van der Waals surface area (Å²) in [5.41, 5.74) is 1.68. The van der Waals surface area contributed by atoms with Crippen LogP contribution >= 0.6 is 0 Å². The van der Waals surface area contributed by atoms with E-state index in [1.807, 2.05) is 24.3 Å². The average Bonchev–Trinajstić information content (AvgIpc) is 3.17. The van der Waals surface area contributed by atoms with E-state index in [4.69, 9.17) is 4.74 Å². The Morgan fingerprint density at radius 2 is 1.96 bits per heavy atom. The fourth-order valence-corrected chi connectivity index (χ4v) is 6.36. The fourth-order valence-electron chi connectivity index (χ4n) is 6.36. The van der Waals surface area contributed by atoms with E-state index >= 15 is 0 Å². The SMILES string of the molecule is COc1cccc(C23CCC(c4ccccc42)C2(C(=O)O)CNCC32)c1O. The van der Waals surface area contributed by atoms with Gasteiger partial charge in [0, 0.05) is 35.9 Å². The van der Waals surface area contributed by atoms with Gasteiger partial charge in [0.1, 0.15) is 0 Å². The molecule has 2 aromatic carbocycles. The number of rotatable bonds is 3. The van der Waals surface area contributed by atoms with Crippen LogP contribution in [0.4, 0.5) is 0 Å². The lowest BCUT2D eigenvalue weighted by Gasteiger charge is -2.59. The highest BCUT2D eigenvalue weighted by Crippen LogP contribution is 2.68. The van der Waals surface area contributed by atoms with Gasteiger partial charge in [-0.05, 0) is 30.0 Å². The van der Waals surface area contributed by atoms with Crippen LogP contribution in [-0.2, 0) is 10.2 Å². The number of fused-ring (bicyclic) bond motifs is 1. The Balaban J connectivity index is 1.87. The van der Waals surface area contributed by atoms with E-state index in [0.29, 0.717) is 18.8 Å². The fraction of sp³-hybridized carbons (Fsp3) is 0.409. The van der Waals surface area contributed by atoms with E-state index in [0.717, 1.165) is 29.5 Å². The molecule has 0 radical (unpaired) electrons. The highest BCUT2D eigenvalue weighted by atomic mass is 16.5. The number of benzene rings is 2. The van der Waals surface area contributed by atoms with Crippen LogP contribution in [0.15, 0.2) is 42.5 Å². The van der Waals surface area contributed by atoms with E-state index in [1.165, 1.54) is 0 Å². The van der Waals surface area contributed by atoms with Crippen molar-refractivity contribution in [1.82, 2.24) is 5.32 Å². The molecule has 2 bridgehead atoms. The van der Waals surface area contributed by atoms with Gasteiger partial charge in [0.05, 0.1) is 12.5 Å². The molecular formula is C22H23NO4. The monoisotopic (exact) mass is 365 g/mol. The van der Waals surface area contributed by atoms with E-state index < -0.39 is 16.8 Å². The minimum absolute atomic E-state index is 0.000764. The summed E-state index contributed by atoms with van der Waals surface area (Å²) < 4.78 is 5.37. The van der Waals surface area contributed by atoms with Gasteiger partial charge in [0.15, 0.2) is 11.5 Å². The van der Waals surface area contributed by atoms with E-state index in [9.17, 15) is 15.0 Å². The van der Waals surface area contributed by atoms with Gasteiger partial charge in [0.2, 0.25) is 0 Å². The summed E-state index contributed by atoms with van der Waals surface area (Å²) >= 11 is 0. The Kier molecular flexibility index (Phi) is 3.38. The zero-order valence-electron chi connectivity index (χ0n) is 15.2. The van der Waals surface area contributed by atoms with Crippen molar-refractivity contribution < 1.29 is 19.7 Å². The maximum atomic E-state index is 12.6. The van der Waals surface area contributed by atoms with E-state index in [-0.39, 0.29) is 17.6 Å². The van der Waals surface area contributed by atoms with Crippen LogP contribution in [-0.4, -0.2) is 36.4 Å². The molecule has 0 amide bonds. The van der Waals surface area contributed by atoms with Gasteiger partial charge in [-0.3, -0.25) is 4.79 Å². The smallest absolute Gasteiger partial charge is 0.311 e. The van der Waals surface area contributed by atoms with Gasteiger partial charge in [-0.1, -0.05) is 36.4 Å². The van der Waals surface area contributed by atoms with E-state index in [1.54, 1.807) is 13.2 Å². The first-order chi connectivity index (χ1) is 13.1. The molecule has 3 N–H and O–H groups in total. The van der Waals surface area contributed by atoms with Crippen molar-refractivity contribution in [1.29, 1.82) is 0 Å². The summed E-state index contributed by atoms with van der Waals surface area (Å²) in [6, 6.07) is 13.8. The maximum absolute atomic E-state index is 12.6. The number of phenols is 1. The van der Waals surface area contributed by atoms with Crippen molar-refractivity contribution in [3.05, 3.63) is 59.2 Å². The first kappa shape index (κ1) is 16.6. The van der Waals surface area contributed by atoms with Gasteiger partial charge in [-0.15, -0.1) is 0 Å². The number of carboxylic acids is 1. The summed E-state index contributed by atoms with van der Waals surface area (Å²) in [6.07, 6.45) is 1.63. The molecule has 0 spiro atoms. The quantitative estimate of drug-likeness (QED) is 0.780. The predicted octanol–water partition coefficient (Wildman–Crippen LogP) is 2.87. The van der Waals surface area contributed by atoms with Crippen LogP contribution in [0.5, 0.6) is 11.5 Å². The Labute approximate surface area is 158 Å². The maximum Gasteiger partial charge on any atom is 0.311 e. The first-order valence-corrected chi connectivity index (χ1v) is 9.47. The number of ether oxygens (including phenoxy) is 1. The molecule has 2 fully saturated rings. The first-order valence-electron chi connectivity index (χ1n) is 9.47. The van der Waals surface area contributed by atoms with Crippen LogP contribution in [0.25, 0.3) is 0 Å². The summed E-state index contributed by atoms with van der Waals surface area (Å²) in [5.74, 6) is -0.293. The van der Waals surface area contributed by atoms with Gasteiger partial charge in [-0.2, -0.15) is 0 Å². The molecule has 1 saturated carbocycles. The lowest BCUT2D eigenvalue weighted by molar-refractivity contribution is -0.157. The number of phenolic OH excluding ortho intramolecular Hbond substituents is 1. The molecule has 1 saturated heterocycles. The van der Waals surface area contributed by atoms with Crippen LogP contribution in [0, 0.1) is 11.3 Å². The summed E-state index contributed by atoms with van der Waals surface area (Å²) in [4.78, 5) is 12.6. The number of hydrogen-bond donors (Lipinski definition) is 3. The second-order valence-electron chi connectivity index (χ2n) is 8.04. The molecule has 3 aliphatic carbocycles. The predicted molar refractivity (Wildman–Crippen MR) is 100 cm³/mol. The molecule has 5 heteroatoms. The molecular weight excluding hydrogens is 342 g/mol. The van der Waals surface area contributed by atoms with Crippen LogP contribution < -0.4 is 10.1 Å². The third-order valence-electron chi connectivity index (χ3n) is 7.35. The molecule has 27 heavy (non-hydrogen) atoms. The lowest BCUT2D eigenvalue weighted by atomic mass is 9.42. The number of aliphatic carboxylic acids is 1. The largest absolute Gasteiger partial charge is 0.504 e. The Hall–Kier alpha value is -2.53. The highest BCUT2D eigenvalue weighted by Gasteiger charge is 2.69.